The monoisotopic (exact) mass is 918 g/mol. The Labute approximate surface area is 372 Å². The molecule has 1 aliphatic carbocycles. The van der Waals surface area contributed by atoms with E-state index in [0.29, 0.717) is 21.0 Å². The molecule has 1 aliphatic rings. The fourth-order valence-corrected chi connectivity index (χ4v) is 7.67. The van der Waals surface area contributed by atoms with Crippen molar-refractivity contribution < 1.29 is 58.6 Å². The molecule has 21 heteroatoms. The first kappa shape index (κ1) is 47.4. The van der Waals surface area contributed by atoms with Gasteiger partial charge in [-0.2, -0.15) is 0 Å². The number of nitrogens with zero attached hydrogens (tertiary/aromatic N) is 3. The van der Waals surface area contributed by atoms with Crippen molar-refractivity contribution in [3.05, 3.63) is 123 Å². The number of amides is 3. The van der Waals surface area contributed by atoms with Crippen molar-refractivity contribution in [2.45, 2.75) is 64.6 Å². The number of aliphatic hydroxyl groups is 3. The normalized spacial score (nSPS) is 17.6. The number of aryl methyl sites for hydroxylation is 3. The minimum Gasteiger partial charge on any atom is -0.507 e. The fourth-order valence-electron chi connectivity index (χ4n) is 5.69. The zero-order valence-corrected chi connectivity index (χ0v) is 36.4. The Balaban J connectivity index is 0.000000187. The lowest BCUT2D eigenvalue weighted by atomic mass is 9.87. The van der Waals surface area contributed by atoms with Gasteiger partial charge in [-0.05, 0) is 57.2 Å². The molecular weight excluding hydrogens is 877 g/mol. The average molecular weight is 919 g/mol. The maximum atomic E-state index is 12.6. The summed E-state index contributed by atoms with van der Waals surface area (Å²) in [6.07, 6.45) is -1.53. The quantitative estimate of drug-likeness (QED) is 0.0479. The number of ether oxygens (including phenoxy) is 3. The Bertz CT molecular complexity index is 2530. The number of phenolic OH excluding ortho intramolecular Hbond substituents is 1. The molecule has 5 unspecified atom stereocenters. The standard InChI is InChI=1S/C18H20N2O7S.C13H12N2O3S.C11H10N2O2S/c1-9-7-19-18(28-9)20-17(25)10-4-2-3-5-11(10)27-13-6-12(26-8-21)14(22)16(24)15(13)23;1-8-7-14-13(19-8)15-12(17)10-5-3-4-6-11(10)18-9(2)16;1-7-6-12-11(16-7)13-10(15)8-4-2-3-5-9(8)14/h2-5,7-8,12-16,22-24H,6H2,1H3,(H,19,20,25);3-7H,1-2H3,(H,14,15,17);2-6,14H,1H3,(H,12,13,15). The first-order chi connectivity index (χ1) is 30.1. The van der Waals surface area contributed by atoms with Crippen LogP contribution < -0.4 is 25.4 Å². The summed E-state index contributed by atoms with van der Waals surface area (Å²) >= 11 is 4.10. The van der Waals surface area contributed by atoms with E-state index in [-0.39, 0.29) is 53.1 Å². The number of carbonyl (C=O) groups is 5. The third-order valence-electron chi connectivity index (χ3n) is 8.63. The Morgan fingerprint density at radius 2 is 1.03 bits per heavy atom. The molecule has 0 radical (unpaired) electrons. The summed E-state index contributed by atoms with van der Waals surface area (Å²) in [6.45, 7) is 7.13. The summed E-state index contributed by atoms with van der Waals surface area (Å²) in [6, 6.07) is 19.4. The van der Waals surface area contributed by atoms with Gasteiger partial charge in [0.15, 0.2) is 15.4 Å². The van der Waals surface area contributed by atoms with Crippen molar-refractivity contribution in [3.63, 3.8) is 0 Å². The minimum absolute atomic E-state index is 0.0340. The zero-order valence-electron chi connectivity index (χ0n) is 34.0. The molecule has 330 valence electrons. The summed E-state index contributed by atoms with van der Waals surface area (Å²) in [4.78, 5) is 73.1. The highest BCUT2D eigenvalue weighted by atomic mass is 32.1. The molecule has 7 N–H and O–H groups in total. The number of aromatic nitrogens is 3. The second kappa shape index (κ2) is 22.5. The number of esters is 1. The van der Waals surface area contributed by atoms with Gasteiger partial charge in [0.25, 0.3) is 24.2 Å². The zero-order chi connectivity index (χ0) is 45.6. The van der Waals surface area contributed by atoms with Gasteiger partial charge in [-0.3, -0.25) is 39.9 Å². The molecule has 3 amide bonds. The van der Waals surface area contributed by atoms with Gasteiger partial charge in [-0.1, -0.05) is 36.4 Å². The molecule has 3 aromatic carbocycles. The van der Waals surface area contributed by atoms with Gasteiger partial charge >= 0.3 is 5.97 Å². The van der Waals surface area contributed by atoms with Crippen LogP contribution in [0.4, 0.5) is 15.4 Å². The third kappa shape index (κ3) is 13.4. The van der Waals surface area contributed by atoms with Gasteiger partial charge in [0.2, 0.25) is 0 Å². The smallest absolute Gasteiger partial charge is 0.308 e. The molecule has 0 bridgehead atoms. The summed E-state index contributed by atoms with van der Waals surface area (Å²) < 4.78 is 15.5. The van der Waals surface area contributed by atoms with Gasteiger partial charge in [0, 0.05) is 46.6 Å². The van der Waals surface area contributed by atoms with Crippen LogP contribution in [-0.2, 0) is 14.3 Å². The van der Waals surface area contributed by atoms with Crippen molar-refractivity contribution in [2.24, 2.45) is 0 Å². The van der Waals surface area contributed by atoms with Gasteiger partial charge in [-0.25, -0.2) is 15.0 Å². The molecule has 3 aromatic heterocycles. The molecule has 1 saturated carbocycles. The molecule has 7 rings (SSSR count). The number of anilines is 3. The summed E-state index contributed by atoms with van der Waals surface area (Å²) in [5.74, 6) is -1.25. The van der Waals surface area contributed by atoms with Gasteiger partial charge < -0.3 is 34.6 Å². The second-order valence-electron chi connectivity index (χ2n) is 13.4. The van der Waals surface area contributed by atoms with E-state index in [9.17, 15) is 44.4 Å². The van der Waals surface area contributed by atoms with Crippen LogP contribution in [-0.4, -0.2) is 96.1 Å². The van der Waals surface area contributed by atoms with Crippen molar-refractivity contribution >= 4 is 79.6 Å². The SMILES string of the molecule is CC(=O)Oc1ccccc1C(=O)Nc1ncc(C)s1.Cc1cnc(NC(=O)c2ccccc2O)s1.Cc1cnc(NC(=O)c2ccccc2OC2CC(OC=O)C(O)C(O)C2O)s1. The fraction of sp³-hybridized carbons (Fsp3) is 0.238. The molecule has 0 aliphatic heterocycles. The first-order valence-corrected chi connectivity index (χ1v) is 21.2. The topological polar surface area (TPSA) is 269 Å². The summed E-state index contributed by atoms with van der Waals surface area (Å²) in [5, 5.41) is 49.1. The number of aromatic hydroxyl groups is 1. The van der Waals surface area contributed by atoms with Gasteiger partial charge in [0.1, 0.15) is 47.8 Å². The minimum atomic E-state index is -1.57. The number of carbonyl (C=O) groups excluding carboxylic acids is 5. The van der Waals surface area contributed by atoms with E-state index in [0.717, 1.165) is 14.6 Å². The number of benzene rings is 3. The van der Waals surface area contributed by atoms with Crippen LogP contribution in [0.3, 0.4) is 0 Å². The number of hydrogen-bond donors (Lipinski definition) is 7. The highest BCUT2D eigenvalue weighted by Crippen LogP contribution is 2.30. The Kier molecular flexibility index (Phi) is 16.9. The van der Waals surface area contributed by atoms with Crippen molar-refractivity contribution in [1.82, 2.24) is 15.0 Å². The molecule has 0 saturated heterocycles. The second-order valence-corrected chi connectivity index (χ2v) is 17.1. The molecule has 3 heterocycles. The number of nitrogens with one attached hydrogen (secondary N) is 3. The lowest BCUT2D eigenvalue weighted by Gasteiger charge is -2.39. The number of aliphatic hydroxyl groups excluding tert-OH is 3. The molecule has 0 spiro atoms. The molecular formula is C42H42N6O12S3. The Morgan fingerprint density at radius 1 is 0.619 bits per heavy atom. The van der Waals surface area contributed by atoms with Crippen molar-refractivity contribution in [3.8, 4) is 17.2 Å². The maximum absolute atomic E-state index is 12.6. The molecule has 1 fully saturated rings. The number of phenols is 1. The highest BCUT2D eigenvalue weighted by Gasteiger charge is 2.45. The van der Waals surface area contributed by atoms with Crippen LogP contribution in [0, 0.1) is 20.8 Å². The highest BCUT2D eigenvalue weighted by molar-refractivity contribution is 7.16. The number of para-hydroxylation sites is 3. The van der Waals surface area contributed by atoms with Crippen LogP contribution >= 0.6 is 34.0 Å². The van der Waals surface area contributed by atoms with E-state index in [1.165, 1.54) is 47.0 Å². The lowest BCUT2D eigenvalue weighted by Crippen LogP contribution is -2.58. The predicted molar refractivity (Wildman–Crippen MR) is 235 cm³/mol. The summed E-state index contributed by atoms with van der Waals surface area (Å²) in [7, 11) is 0. The van der Waals surface area contributed by atoms with Crippen molar-refractivity contribution in [1.29, 1.82) is 0 Å². The van der Waals surface area contributed by atoms with E-state index in [1.807, 2.05) is 20.8 Å². The Morgan fingerprint density at radius 3 is 1.48 bits per heavy atom. The number of rotatable bonds is 11. The van der Waals surface area contributed by atoms with Gasteiger partial charge in [0.05, 0.1) is 16.7 Å². The van der Waals surface area contributed by atoms with E-state index >= 15 is 0 Å². The largest absolute Gasteiger partial charge is 0.507 e. The maximum Gasteiger partial charge on any atom is 0.308 e. The van der Waals surface area contributed by atoms with Crippen molar-refractivity contribution in [2.75, 3.05) is 16.0 Å². The molecule has 6 aromatic rings. The van der Waals surface area contributed by atoms with E-state index < -0.39 is 42.4 Å². The first-order valence-electron chi connectivity index (χ1n) is 18.8. The molecule has 18 nitrogen and oxygen atoms in total. The van der Waals surface area contributed by atoms with Crippen LogP contribution in [0.2, 0.25) is 0 Å². The van der Waals surface area contributed by atoms with Crippen LogP contribution in [0.5, 0.6) is 17.2 Å². The summed E-state index contributed by atoms with van der Waals surface area (Å²) in [5.41, 5.74) is 0.747. The molecule has 5 atom stereocenters. The van der Waals surface area contributed by atoms with Crippen LogP contribution in [0.15, 0.2) is 91.4 Å². The van der Waals surface area contributed by atoms with E-state index in [2.05, 4.69) is 30.9 Å². The average Bonchev–Trinajstić information content (AvgIpc) is 3.99. The van der Waals surface area contributed by atoms with E-state index in [4.69, 9.17) is 14.2 Å². The number of hydrogen-bond acceptors (Lipinski definition) is 18. The lowest BCUT2D eigenvalue weighted by molar-refractivity contribution is -0.184. The van der Waals surface area contributed by atoms with Crippen LogP contribution in [0.1, 0.15) is 59.0 Å². The predicted octanol–water partition coefficient (Wildman–Crippen LogP) is 5.52. The third-order valence-corrected chi connectivity index (χ3v) is 11.1. The van der Waals surface area contributed by atoms with Gasteiger partial charge in [-0.15, -0.1) is 34.0 Å². The molecule has 63 heavy (non-hydrogen) atoms. The number of thiazole rings is 3. The van der Waals surface area contributed by atoms with E-state index in [1.54, 1.807) is 85.3 Å². The van der Waals surface area contributed by atoms with Crippen LogP contribution in [0.25, 0.3) is 0 Å². The Hall–Kier alpha value is -6.62.